The van der Waals surface area contributed by atoms with E-state index in [1.54, 1.807) is 25.3 Å². The summed E-state index contributed by atoms with van der Waals surface area (Å²) in [4.78, 5) is 26.7. The molecule has 2 aliphatic rings. The maximum atomic E-state index is 12.5. The molecule has 1 saturated heterocycles. The molecule has 1 aliphatic heterocycles. The molecule has 31 heavy (non-hydrogen) atoms. The zero-order valence-electron chi connectivity index (χ0n) is 18.0. The van der Waals surface area contributed by atoms with Crippen LogP contribution >= 0.6 is 0 Å². The van der Waals surface area contributed by atoms with Crippen LogP contribution in [0, 0.1) is 11.8 Å². The molecule has 2 atom stereocenters. The number of hydrogen-bond acceptors (Lipinski definition) is 4. The normalized spacial score (nSPS) is 23.5. The Morgan fingerprint density at radius 1 is 1.03 bits per heavy atom. The predicted molar refractivity (Wildman–Crippen MR) is 121 cm³/mol. The van der Waals surface area contributed by atoms with E-state index in [2.05, 4.69) is 34.5 Å². The van der Waals surface area contributed by atoms with Gasteiger partial charge in [-0.05, 0) is 42.2 Å². The van der Waals surface area contributed by atoms with Crippen LogP contribution in [0.3, 0.4) is 0 Å². The molecule has 2 aromatic carbocycles. The Labute approximate surface area is 184 Å². The average Bonchev–Trinajstić information content (AvgIpc) is 2.78. The number of esters is 1. The number of fused-ring (bicyclic) bond motifs is 2. The first-order chi connectivity index (χ1) is 15.1. The second-order valence-electron chi connectivity index (χ2n) is 8.57. The molecule has 2 aromatic rings. The molecule has 0 radical (unpaired) electrons. The highest BCUT2D eigenvalue weighted by Crippen LogP contribution is 2.37. The van der Waals surface area contributed by atoms with Gasteiger partial charge in [0.05, 0.1) is 0 Å². The molecule has 1 amide bonds. The number of nitrogens with one attached hydrogen (secondary N) is 1. The van der Waals surface area contributed by atoms with Crippen LogP contribution in [0.5, 0.6) is 0 Å². The number of ether oxygens (including phenoxy) is 1. The van der Waals surface area contributed by atoms with Crippen LogP contribution in [0.15, 0.2) is 60.7 Å². The van der Waals surface area contributed by atoms with E-state index in [1.165, 1.54) is 18.1 Å². The van der Waals surface area contributed by atoms with E-state index < -0.39 is 0 Å². The summed E-state index contributed by atoms with van der Waals surface area (Å²) in [7, 11) is 1.60. The standard InChI is InChI=1S/C26H30N2O3/c1-27-26(30)21-13-10-19(11-14-21)12-15-24(29)31-25-22-8-5-9-23(25)18-28(17-22)16-20-6-3-2-4-7-20/h2-4,6-7,10-15,22-23,25H,5,8-9,16-18H2,1H3,(H,27,30)/b15-12-/t22-,23-/m0/s1. The van der Waals surface area contributed by atoms with Gasteiger partial charge in [-0.3, -0.25) is 9.69 Å². The quantitative estimate of drug-likeness (QED) is 0.571. The summed E-state index contributed by atoms with van der Waals surface area (Å²) in [5.41, 5.74) is 2.79. The van der Waals surface area contributed by atoms with Gasteiger partial charge in [0, 0.05) is 50.2 Å². The Balaban J connectivity index is 1.34. The number of carbonyl (C=O) groups is 2. The molecule has 5 nitrogen and oxygen atoms in total. The van der Waals surface area contributed by atoms with Crippen molar-refractivity contribution in [3.8, 4) is 0 Å². The molecule has 2 bridgehead atoms. The van der Waals surface area contributed by atoms with Crippen molar-refractivity contribution in [2.24, 2.45) is 11.8 Å². The molecule has 162 valence electrons. The predicted octanol–water partition coefficient (Wildman–Crippen LogP) is 3.90. The van der Waals surface area contributed by atoms with Crippen LogP contribution in [-0.2, 0) is 16.1 Å². The summed E-state index contributed by atoms with van der Waals surface area (Å²) in [6.07, 6.45) is 6.70. The van der Waals surface area contributed by atoms with Crippen molar-refractivity contribution in [2.75, 3.05) is 20.1 Å². The lowest BCUT2D eigenvalue weighted by Gasteiger charge is -2.46. The molecule has 4 rings (SSSR count). The minimum Gasteiger partial charge on any atom is -0.459 e. The van der Waals surface area contributed by atoms with Crippen molar-refractivity contribution in [3.63, 3.8) is 0 Å². The highest BCUT2D eigenvalue weighted by Gasteiger charge is 2.41. The summed E-state index contributed by atoms with van der Waals surface area (Å²) < 4.78 is 5.94. The largest absolute Gasteiger partial charge is 0.459 e. The first-order valence-electron chi connectivity index (χ1n) is 11.1. The second-order valence-corrected chi connectivity index (χ2v) is 8.57. The Kier molecular flexibility index (Phi) is 6.82. The smallest absolute Gasteiger partial charge is 0.331 e. The van der Waals surface area contributed by atoms with E-state index in [0.29, 0.717) is 17.4 Å². The van der Waals surface area contributed by atoms with Crippen LogP contribution in [0.2, 0.25) is 0 Å². The topological polar surface area (TPSA) is 58.6 Å². The van der Waals surface area contributed by atoms with Crippen molar-refractivity contribution in [3.05, 3.63) is 77.4 Å². The summed E-state index contributed by atoms with van der Waals surface area (Å²) in [5, 5.41) is 2.60. The monoisotopic (exact) mass is 418 g/mol. The van der Waals surface area contributed by atoms with Gasteiger partial charge in [0.2, 0.25) is 0 Å². The summed E-state index contributed by atoms with van der Waals surface area (Å²) in [6, 6.07) is 17.7. The van der Waals surface area contributed by atoms with Gasteiger partial charge in [0.25, 0.3) is 5.91 Å². The van der Waals surface area contributed by atoms with Crippen LogP contribution in [0.1, 0.15) is 40.7 Å². The molecule has 2 fully saturated rings. The van der Waals surface area contributed by atoms with E-state index in [4.69, 9.17) is 4.74 Å². The van der Waals surface area contributed by atoms with Gasteiger partial charge < -0.3 is 10.1 Å². The first-order valence-corrected chi connectivity index (χ1v) is 11.1. The third kappa shape index (κ3) is 5.42. The van der Waals surface area contributed by atoms with Crippen LogP contribution in [0.25, 0.3) is 6.08 Å². The van der Waals surface area contributed by atoms with Crippen molar-refractivity contribution in [1.29, 1.82) is 0 Å². The zero-order chi connectivity index (χ0) is 21.6. The van der Waals surface area contributed by atoms with Gasteiger partial charge in [0.15, 0.2) is 0 Å². The molecule has 5 heteroatoms. The number of carbonyl (C=O) groups excluding carboxylic acids is 2. The van der Waals surface area contributed by atoms with Crippen LogP contribution in [0.4, 0.5) is 0 Å². The van der Waals surface area contributed by atoms with E-state index in [-0.39, 0.29) is 18.0 Å². The van der Waals surface area contributed by atoms with Crippen LogP contribution < -0.4 is 5.32 Å². The number of rotatable bonds is 6. The second kappa shape index (κ2) is 9.92. The van der Waals surface area contributed by atoms with E-state index in [0.717, 1.165) is 38.0 Å². The van der Waals surface area contributed by atoms with Gasteiger partial charge in [-0.1, -0.05) is 48.9 Å². The molecular weight excluding hydrogens is 388 g/mol. The molecule has 1 heterocycles. The minimum atomic E-state index is -0.284. The van der Waals surface area contributed by atoms with Gasteiger partial charge in [-0.15, -0.1) is 0 Å². The fraction of sp³-hybridized carbons (Fsp3) is 0.385. The molecule has 1 saturated carbocycles. The molecule has 1 aliphatic carbocycles. The van der Waals surface area contributed by atoms with Gasteiger partial charge in [-0.25, -0.2) is 4.79 Å². The Hall–Kier alpha value is -2.92. The SMILES string of the molecule is CNC(=O)c1ccc(/C=C\C(=O)OC2[C@H]3CCC[C@H]2CN(Cc2ccccc2)C3)cc1. The highest BCUT2D eigenvalue weighted by molar-refractivity contribution is 5.94. The number of piperidine rings is 1. The molecular formula is C26H30N2O3. The lowest BCUT2D eigenvalue weighted by atomic mass is 9.75. The fourth-order valence-corrected chi connectivity index (χ4v) is 4.87. The van der Waals surface area contributed by atoms with Crippen molar-refractivity contribution < 1.29 is 14.3 Å². The lowest BCUT2D eigenvalue weighted by molar-refractivity contribution is -0.157. The maximum absolute atomic E-state index is 12.5. The Morgan fingerprint density at radius 3 is 2.35 bits per heavy atom. The Bertz CT molecular complexity index is 909. The number of benzene rings is 2. The first kappa shape index (κ1) is 21.3. The van der Waals surface area contributed by atoms with Crippen molar-refractivity contribution >= 4 is 18.0 Å². The molecule has 0 unspecified atom stereocenters. The fourth-order valence-electron chi connectivity index (χ4n) is 4.87. The minimum absolute atomic E-state index is 0.00792. The van der Waals surface area contributed by atoms with Crippen molar-refractivity contribution in [1.82, 2.24) is 10.2 Å². The third-order valence-corrected chi connectivity index (χ3v) is 6.38. The zero-order valence-corrected chi connectivity index (χ0v) is 18.0. The number of nitrogens with zero attached hydrogens (tertiary/aromatic N) is 1. The summed E-state index contributed by atoms with van der Waals surface area (Å²) in [5.74, 6) is 0.398. The molecule has 1 N–H and O–H groups in total. The van der Waals surface area contributed by atoms with Gasteiger partial charge in [0.1, 0.15) is 6.10 Å². The average molecular weight is 419 g/mol. The number of likely N-dealkylation sites (tertiary alicyclic amines) is 1. The van der Waals surface area contributed by atoms with E-state index >= 15 is 0 Å². The van der Waals surface area contributed by atoms with Crippen LogP contribution in [-0.4, -0.2) is 43.0 Å². The molecule has 0 spiro atoms. The summed E-state index contributed by atoms with van der Waals surface area (Å²) in [6.45, 7) is 2.92. The summed E-state index contributed by atoms with van der Waals surface area (Å²) >= 11 is 0. The lowest BCUT2D eigenvalue weighted by Crippen LogP contribution is -2.52. The van der Waals surface area contributed by atoms with Gasteiger partial charge in [-0.2, -0.15) is 0 Å². The van der Waals surface area contributed by atoms with E-state index in [1.807, 2.05) is 18.2 Å². The Morgan fingerprint density at radius 2 is 1.71 bits per heavy atom. The maximum Gasteiger partial charge on any atom is 0.331 e. The molecule has 0 aromatic heterocycles. The number of hydrogen-bond donors (Lipinski definition) is 1. The third-order valence-electron chi connectivity index (χ3n) is 6.38. The van der Waals surface area contributed by atoms with Gasteiger partial charge >= 0.3 is 5.97 Å². The highest BCUT2D eigenvalue weighted by atomic mass is 16.5. The van der Waals surface area contributed by atoms with Crippen molar-refractivity contribution in [2.45, 2.75) is 31.9 Å². The number of amides is 1. The van der Waals surface area contributed by atoms with E-state index in [9.17, 15) is 9.59 Å².